The van der Waals surface area contributed by atoms with Crippen LogP contribution in [0.4, 0.5) is 10.5 Å². The van der Waals surface area contributed by atoms with E-state index >= 15 is 0 Å². The van der Waals surface area contributed by atoms with Crippen LogP contribution in [0.25, 0.3) is 0 Å². The van der Waals surface area contributed by atoms with Gasteiger partial charge in [0.15, 0.2) is 11.5 Å². The van der Waals surface area contributed by atoms with Gasteiger partial charge in [0.05, 0.1) is 33.4 Å². The number of nitrogens with zero attached hydrogens (tertiary/aromatic N) is 1. The van der Waals surface area contributed by atoms with Gasteiger partial charge in [-0.1, -0.05) is 13.8 Å². The fourth-order valence-electron chi connectivity index (χ4n) is 2.87. The van der Waals surface area contributed by atoms with Crippen LogP contribution in [0.2, 0.25) is 0 Å². The van der Waals surface area contributed by atoms with Crippen LogP contribution in [0.3, 0.4) is 0 Å². The summed E-state index contributed by atoms with van der Waals surface area (Å²) in [5.74, 6) is 0.634. The van der Waals surface area contributed by atoms with Gasteiger partial charge in [-0.25, -0.2) is 9.69 Å². The lowest BCUT2D eigenvalue weighted by molar-refractivity contribution is -0.125. The molecule has 1 aliphatic rings. The van der Waals surface area contributed by atoms with Gasteiger partial charge in [0.25, 0.3) is 5.91 Å². The Morgan fingerprint density at radius 2 is 1.75 bits per heavy atom. The number of carbonyl (C=O) groups excluding carboxylic acids is 3. The van der Waals surface area contributed by atoms with Crippen molar-refractivity contribution in [1.82, 2.24) is 10.6 Å². The maximum absolute atomic E-state index is 12.7. The Hall–Kier alpha value is -2.97. The van der Waals surface area contributed by atoms with Crippen molar-refractivity contribution in [2.24, 2.45) is 5.92 Å². The molecule has 2 N–H and O–H groups in total. The largest absolute Gasteiger partial charge is 0.493 e. The molecule has 0 unspecified atom stereocenters. The summed E-state index contributed by atoms with van der Waals surface area (Å²) in [6, 6.07) is 1.47. The molecule has 1 aliphatic heterocycles. The quantitative estimate of drug-likeness (QED) is 0.619. The minimum absolute atomic E-state index is 0.121. The van der Waals surface area contributed by atoms with Crippen LogP contribution in [0.1, 0.15) is 26.7 Å². The summed E-state index contributed by atoms with van der Waals surface area (Å²) < 4.78 is 15.8. The molecule has 0 aliphatic carbocycles. The summed E-state index contributed by atoms with van der Waals surface area (Å²) in [7, 11) is 4.34. The van der Waals surface area contributed by atoms with Gasteiger partial charge in [0.1, 0.15) is 6.04 Å². The van der Waals surface area contributed by atoms with Crippen LogP contribution in [0.15, 0.2) is 12.1 Å². The number of benzene rings is 1. The molecule has 0 bridgehead atoms. The van der Waals surface area contributed by atoms with Gasteiger partial charge >= 0.3 is 6.03 Å². The van der Waals surface area contributed by atoms with Crippen LogP contribution in [-0.4, -0.2) is 51.8 Å². The van der Waals surface area contributed by atoms with E-state index < -0.39 is 18.0 Å². The van der Waals surface area contributed by atoms with E-state index in [4.69, 9.17) is 14.2 Å². The molecule has 2 rings (SSSR count). The van der Waals surface area contributed by atoms with Crippen molar-refractivity contribution >= 4 is 23.5 Å². The average molecular weight is 393 g/mol. The van der Waals surface area contributed by atoms with Crippen LogP contribution < -0.4 is 29.7 Å². The van der Waals surface area contributed by atoms with E-state index in [1.165, 1.54) is 33.5 Å². The van der Waals surface area contributed by atoms with E-state index in [1.807, 2.05) is 0 Å². The molecule has 9 nitrogen and oxygen atoms in total. The van der Waals surface area contributed by atoms with Crippen LogP contribution in [-0.2, 0) is 9.59 Å². The SMILES string of the molecule is COc1cc(N2C(=O)N[C@@H](CC(=O)NCCC(C)C)C2=O)cc(OC)c1OC. The lowest BCUT2D eigenvalue weighted by Crippen LogP contribution is -2.37. The van der Waals surface area contributed by atoms with Crippen molar-refractivity contribution in [2.45, 2.75) is 32.7 Å². The molecule has 4 amide bonds. The van der Waals surface area contributed by atoms with Gasteiger partial charge in [-0.2, -0.15) is 0 Å². The summed E-state index contributed by atoms with van der Waals surface area (Å²) in [4.78, 5) is 38.2. The lowest BCUT2D eigenvalue weighted by Gasteiger charge is -2.18. The fourth-order valence-corrected chi connectivity index (χ4v) is 2.87. The molecule has 1 aromatic carbocycles. The van der Waals surface area contributed by atoms with Crippen LogP contribution >= 0.6 is 0 Å². The molecule has 154 valence electrons. The van der Waals surface area contributed by atoms with E-state index in [9.17, 15) is 14.4 Å². The second-order valence-corrected chi connectivity index (χ2v) is 6.80. The second-order valence-electron chi connectivity index (χ2n) is 6.80. The van der Waals surface area contributed by atoms with Gasteiger partial charge in [0.2, 0.25) is 11.7 Å². The van der Waals surface area contributed by atoms with E-state index in [-0.39, 0.29) is 18.0 Å². The van der Waals surface area contributed by atoms with Crippen molar-refractivity contribution in [3.8, 4) is 17.2 Å². The lowest BCUT2D eigenvalue weighted by atomic mass is 10.1. The Morgan fingerprint density at radius 3 is 2.25 bits per heavy atom. The number of amides is 4. The molecule has 1 atom stereocenters. The van der Waals surface area contributed by atoms with Crippen LogP contribution in [0, 0.1) is 5.92 Å². The van der Waals surface area contributed by atoms with Crippen molar-refractivity contribution in [1.29, 1.82) is 0 Å². The van der Waals surface area contributed by atoms with Crippen molar-refractivity contribution in [2.75, 3.05) is 32.8 Å². The first-order chi connectivity index (χ1) is 13.3. The summed E-state index contributed by atoms with van der Waals surface area (Å²) in [6.07, 6.45) is 0.720. The first-order valence-corrected chi connectivity index (χ1v) is 9.03. The number of imide groups is 1. The highest BCUT2D eigenvalue weighted by atomic mass is 16.5. The minimum Gasteiger partial charge on any atom is -0.493 e. The monoisotopic (exact) mass is 393 g/mol. The number of anilines is 1. The molecular weight excluding hydrogens is 366 g/mol. The first kappa shape index (κ1) is 21.3. The third-order valence-corrected chi connectivity index (χ3v) is 4.36. The molecule has 0 aromatic heterocycles. The maximum Gasteiger partial charge on any atom is 0.329 e. The molecule has 28 heavy (non-hydrogen) atoms. The van der Waals surface area contributed by atoms with Gasteiger partial charge < -0.3 is 24.8 Å². The van der Waals surface area contributed by atoms with Gasteiger partial charge in [-0.15, -0.1) is 0 Å². The number of hydrogen-bond acceptors (Lipinski definition) is 6. The average Bonchev–Trinajstić information content (AvgIpc) is 2.93. The van der Waals surface area contributed by atoms with Crippen molar-refractivity contribution < 1.29 is 28.6 Å². The second kappa shape index (κ2) is 9.29. The van der Waals surface area contributed by atoms with E-state index in [0.29, 0.717) is 29.7 Å². The normalized spacial score (nSPS) is 16.2. The first-order valence-electron chi connectivity index (χ1n) is 9.03. The zero-order valence-electron chi connectivity index (χ0n) is 16.8. The highest BCUT2D eigenvalue weighted by molar-refractivity contribution is 6.22. The molecule has 9 heteroatoms. The third-order valence-electron chi connectivity index (χ3n) is 4.36. The molecule has 0 saturated carbocycles. The highest BCUT2D eigenvalue weighted by Crippen LogP contribution is 2.41. The van der Waals surface area contributed by atoms with Crippen molar-refractivity contribution in [3.05, 3.63) is 12.1 Å². The summed E-state index contributed by atoms with van der Waals surface area (Å²) in [6.45, 7) is 4.65. The Bertz CT molecular complexity index is 724. The molecule has 0 radical (unpaired) electrons. The topological polar surface area (TPSA) is 106 Å². The van der Waals surface area contributed by atoms with Gasteiger partial charge in [-0.05, 0) is 12.3 Å². The summed E-state index contributed by atoms with van der Waals surface area (Å²) in [5.41, 5.74) is 0.264. The predicted octanol–water partition coefficient (Wildman–Crippen LogP) is 1.69. The smallest absolute Gasteiger partial charge is 0.329 e. The third kappa shape index (κ3) is 4.65. The van der Waals surface area contributed by atoms with Gasteiger partial charge in [0, 0.05) is 18.7 Å². The Kier molecular flexibility index (Phi) is 7.08. The summed E-state index contributed by atoms with van der Waals surface area (Å²) in [5, 5.41) is 5.31. The van der Waals surface area contributed by atoms with Crippen LogP contribution in [0.5, 0.6) is 17.2 Å². The standard InChI is InChI=1S/C19H27N3O6/c1-11(2)6-7-20-16(23)10-13-18(24)22(19(25)21-13)12-8-14(26-3)17(28-5)15(9-12)27-4/h8-9,11,13H,6-7,10H2,1-5H3,(H,20,23)(H,21,25)/t13-/m0/s1. The van der Waals surface area contributed by atoms with E-state index in [0.717, 1.165) is 11.3 Å². The maximum atomic E-state index is 12.7. The predicted molar refractivity (Wildman–Crippen MR) is 103 cm³/mol. The number of carbonyl (C=O) groups is 3. The molecule has 1 aromatic rings. The number of ether oxygens (including phenoxy) is 3. The molecule has 0 spiro atoms. The highest BCUT2D eigenvalue weighted by Gasteiger charge is 2.40. The van der Waals surface area contributed by atoms with E-state index in [1.54, 1.807) is 0 Å². The zero-order valence-corrected chi connectivity index (χ0v) is 16.8. The molecular formula is C19H27N3O6. The minimum atomic E-state index is -0.925. The number of methoxy groups -OCH3 is 3. The Morgan fingerprint density at radius 1 is 1.14 bits per heavy atom. The number of rotatable bonds is 9. The molecule has 1 saturated heterocycles. The Labute approximate surface area is 164 Å². The fraction of sp³-hybridized carbons (Fsp3) is 0.526. The Balaban J connectivity index is 2.16. The number of hydrogen-bond donors (Lipinski definition) is 2. The molecule has 1 heterocycles. The summed E-state index contributed by atoms with van der Waals surface area (Å²) >= 11 is 0. The van der Waals surface area contributed by atoms with Crippen molar-refractivity contribution in [3.63, 3.8) is 0 Å². The van der Waals surface area contributed by atoms with E-state index in [2.05, 4.69) is 24.5 Å². The number of urea groups is 1. The molecule has 1 fully saturated rings. The van der Waals surface area contributed by atoms with Gasteiger partial charge in [-0.3, -0.25) is 9.59 Å². The zero-order chi connectivity index (χ0) is 20.8. The number of nitrogens with one attached hydrogen (secondary N) is 2.